The Bertz CT molecular complexity index is 135. The minimum Gasteiger partial charge on any atom is -0.396 e. The van der Waals surface area contributed by atoms with E-state index < -0.39 is 6.10 Å². The van der Waals surface area contributed by atoms with Crippen molar-refractivity contribution in [3.05, 3.63) is 0 Å². The predicted molar refractivity (Wildman–Crippen MR) is 89.0 cm³/mol. The molecule has 0 fully saturated rings. The molecule has 1 atom stereocenters. The summed E-state index contributed by atoms with van der Waals surface area (Å²) in [6.07, 6.45) is 4.70. The van der Waals surface area contributed by atoms with E-state index in [2.05, 4.69) is 0 Å². The lowest BCUT2D eigenvalue weighted by molar-refractivity contribution is 0.110. The van der Waals surface area contributed by atoms with Gasteiger partial charge in [-0.15, -0.1) is 0 Å². The number of hydrogen-bond acceptors (Lipinski definition) is 8. The Labute approximate surface area is 139 Å². The van der Waals surface area contributed by atoms with Crippen LogP contribution >= 0.6 is 0 Å². The second-order valence-electron chi connectivity index (χ2n) is 4.49. The molecule has 0 saturated heterocycles. The lowest BCUT2D eigenvalue weighted by Gasteiger charge is -1.93. The van der Waals surface area contributed by atoms with Crippen molar-refractivity contribution in [2.24, 2.45) is 0 Å². The first-order chi connectivity index (χ1) is 11.0. The molecule has 0 aliphatic rings. The molecule has 1 unspecified atom stereocenters. The third-order valence-electron chi connectivity index (χ3n) is 2.00. The fourth-order valence-corrected chi connectivity index (χ4v) is 0.801. The number of rotatable bonds is 10. The van der Waals surface area contributed by atoms with E-state index in [-0.39, 0.29) is 46.2 Å². The summed E-state index contributed by atoms with van der Waals surface area (Å²) in [4.78, 5) is 0. The average Bonchev–Trinajstić information content (AvgIpc) is 2.58. The van der Waals surface area contributed by atoms with Crippen LogP contribution in [0.1, 0.15) is 45.4 Å². The first-order valence-electron chi connectivity index (χ1n) is 7.96. The SMILES string of the molecule is CC(O)CO.OCCCCCCO.OCCCCO.OCCO. The van der Waals surface area contributed by atoms with Gasteiger partial charge in [-0.2, -0.15) is 0 Å². The number of hydrogen-bond donors (Lipinski definition) is 8. The minimum atomic E-state index is -0.560. The molecule has 0 heterocycles. The molecule has 0 bridgehead atoms. The van der Waals surface area contributed by atoms with Gasteiger partial charge in [0, 0.05) is 26.4 Å². The Kier molecular flexibility index (Phi) is 50.1. The zero-order valence-electron chi connectivity index (χ0n) is 14.3. The highest BCUT2D eigenvalue weighted by Gasteiger charge is 1.84. The van der Waals surface area contributed by atoms with Gasteiger partial charge in [-0.3, -0.25) is 0 Å². The van der Waals surface area contributed by atoms with Crippen molar-refractivity contribution in [3.63, 3.8) is 0 Å². The Hall–Kier alpha value is -0.320. The zero-order valence-corrected chi connectivity index (χ0v) is 14.3. The van der Waals surface area contributed by atoms with E-state index in [1.165, 1.54) is 6.92 Å². The average molecular weight is 346 g/mol. The standard InChI is InChI=1S/C6H14O2.C4H10O2.C3H8O2.C2H6O2/c7-5-3-1-2-4-6-8;5-3-1-2-4-6;1-3(5)2-4;3-1-2-4/h7-8H,1-6H2;5-6H,1-4H2;3-5H,2H2,1H3;3-4H,1-2H2. The molecule has 0 radical (unpaired) electrons. The second kappa shape index (κ2) is 37.7. The van der Waals surface area contributed by atoms with Crippen molar-refractivity contribution in [1.29, 1.82) is 0 Å². The molecule has 0 aromatic carbocycles. The molecule has 23 heavy (non-hydrogen) atoms. The van der Waals surface area contributed by atoms with Gasteiger partial charge >= 0.3 is 0 Å². The van der Waals surface area contributed by atoms with Crippen LogP contribution in [-0.2, 0) is 0 Å². The van der Waals surface area contributed by atoms with E-state index in [1.54, 1.807) is 0 Å². The molecule has 8 nitrogen and oxygen atoms in total. The van der Waals surface area contributed by atoms with Gasteiger partial charge in [0.25, 0.3) is 0 Å². The van der Waals surface area contributed by atoms with E-state index in [0.29, 0.717) is 0 Å². The molecule has 146 valence electrons. The van der Waals surface area contributed by atoms with Crippen LogP contribution in [-0.4, -0.2) is 93.2 Å². The Morgan fingerprint density at radius 3 is 0.826 bits per heavy atom. The fourth-order valence-electron chi connectivity index (χ4n) is 0.801. The topological polar surface area (TPSA) is 162 Å². The van der Waals surface area contributed by atoms with Crippen LogP contribution in [0, 0.1) is 0 Å². The maximum atomic E-state index is 8.30. The smallest absolute Gasteiger partial charge is 0.0742 e. The highest BCUT2D eigenvalue weighted by Crippen LogP contribution is 1.96. The second-order valence-corrected chi connectivity index (χ2v) is 4.49. The van der Waals surface area contributed by atoms with E-state index in [9.17, 15) is 0 Å². The van der Waals surface area contributed by atoms with Crippen LogP contribution in [0.15, 0.2) is 0 Å². The summed E-state index contributed by atoms with van der Waals surface area (Å²) >= 11 is 0. The summed E-state index contributed by atoms with van der Waals surface area (Å²) in [6, 6.07) is 0. The maximum absolute atomic E-state index is 8.30. The van der Waals surface area contributed by atoms with E-state index in [4.69, 9.17) is 40.9 Å². The third kappa shape index (κ3) is 73.6. The van der Waals surface area contributed by atoms with Gasteiger partial charge in [0.15, 0.2) is 0 Å². The quantitative estimate of drug-likeness (QED) is 0.224. The summed E-state index contributed by atoms with van der Waals surface area (Å²) in [5.41, 5.74) is 0. The van der Waals surface area contributed by atoms with Gasteiger partial charge in [0.1, 0.15) is 0 Å². The van der Waals surface area contributed by atoms with E-state index in [1.807, 2.05) is 0 Å². The predicted octanol–water partition coefficient (Wildman–Crippen LogP) is -1.39. The summed E-state index contributed by atoms with van der Waals surface area (Å²) in [7, 11) is 0. The highest BCUT2D eigenvalue weighted by molar-refractivity contribution is 4.39. The number of aliphatic hydroxyl groups excluding tert-OH is 8. The third-order valence-corrected chi connectivity index (χ3v) is 2.00. The maximum Gasteiger partial charge on any atom is 0.0742 e. The minimum absolute atomic E-state index is 0.125. The molecule has 0 spiro atoms. The van der Waals surface area contributed by atoms with Crippen molar-refractivity contribution in [2.45, 2.75) is 51.6 Å². The lowest BCUT2D eigenvalue weighted by atomic mass is 10.2. The normalized spacial score (nSPS) is 10.3. The summed E-state index contributed by atoms with van der Waals surface area (Å²) in [5.74, 6) is 0. The molecule has 0 aliphatic carbocycles. The van der Waals surface area contributed by atoms with Crippen LogP contribution in [0.2, 0.25) is 0 Å². The van der Waals surface area contributed by atoms with Crippen LogP contribution in [0.25, 0.3) is 0 Å². The van der Waals surface area contributed by atoms with Crippen LogP contribution in [0.3, 0.4) is 0 Å². The van der Waals surface area contributed by atoms with Gasteiger partial charge in [-0.25, -0.2) is 0 Å². The van der Waals surface area contributed by atoms with Crippen LogP contribution in [0.4, 0.5) is 0 Å². The molecule has 0 aromatic rings. The van der Waals surface area contributed by atoms with Gasteiger partial charge in [0.05, 0.1) is 25.9 Å². The van der Waals surface area contributed by atoms with E-state index in [0.717, 1.165) is 38.5 Å². The molecule has 0 aromatic heterocycles. The fraction of sp³-hybridized carbons (Fsp3) is 1.00. The molecule has 0 saturated carbocycles. The molecule has 8 heteroatoms. The van der Waals surface area contributed by atoms with Crippen molar-refractivity contribution >= 4 is 0 Å². The van der Waals surface area contributed by atoms with Crippen LogP contribution in [0.5, 0.6) is 0 Å². The molecule has 8 N–H and O–H groups in total. The van der Waals surface area contributed by atoms with Gasteiger partial charge < -0.3 is 40.9 Å². The monoisotopic (exact) mass is 346 g/mol. The number of unbranched alkanes of at least 4 members (excludes halogenated alkanes) is 4. The Morgan fingerprint density at radius 2 is 0.696 bits per heavy atom. The first kappa shape index (κ1) is 30.5. The molecule has 0 aliphatic heterocycles. The largest absolute Gasteiger partial charge is 0.396 e. The lowest BCUT2D eigenvalue weighted by Crippen LogP contribution is -2.03. The summed E-state index contributed by atoms with van der Waals surface area (Å²) in [5, 5.41) is 64.0. The van der Waals surface area contributed by atoms with Crippen molar-refractivity contribution in [2.75, 3.05) is 46.2 Å². The Balaban J connectivity index is -0.000000108. The highest BCUT2D eigenvalue weighted by atomic mass is 16.3. The molecular formula is C15H38O8. The van der Waals surface area contributed by atoms with Gasteiger partial charge in [-0.05, 0) is 32.6 Å². The van der Waals surface area contributed by atoms with E-state index >= 15 is 0 Å². The van der Waals surface area contributed by atoms with Gasteiger partial charge in [-0.1, -0.05) is 12.8 Å². The molecular weight excluding hydrogens is 308 g/mol. The number of aliphatic hydroxyl groups is 8. The van der Waals surface area contributed by atoms with Crippen LogP contribution < -0.4 is 0 Å². The molecule has 0 rings (SSSR count). The van der Waals surface area contributed by atoms with Gasteiger partial charge in [0.2, 0.25) is 0 Å². The van der Waals surface area contributed by atoms with Crippen molar-refractivity contribution in [3.8, 4) is 0 Å². The van der Waals surface area contributed by atoms with Crippen molar-refractivity contribution in [1.82, 2.24) is 0 Å². The Morgan fingerprint density at radius 1 is 0.478 bits per heavy atom. The molecule has 0 amide bonds. The first-order valence-corrected chi connectivity index (χ1v) is 7.96. The van der Waals surface area contributed by atoms with Crippen molar-refractivity contribution < 1.29 is 40.9 Å². The summed E-state index contributed by atoms with van der Waals surface area (Å²) in [6.45, 7) is 2.10. The zero-order chi connectivity index (χ0) is 18.8. The summed E-state index contributed by atoms with van der Waals surface area (Å²) < 4.78 is 0.